The molecule has 0 amide bonds. The van der Waals surface area contributed by atoms with Crippen molar-refractivity contribution in [2.75, 3.05) is 11.9 Å². The SMILES string of the molecule is c1cnc(NCCc2nc3c(s2)CCCC3)nc1. The van der Waals surface area contributed by atoms with Crippen molar-refractivity contribution in [3.63, 3.8) is 0 Å². The Bertz CT molecular complexity index is 485. The quantitative estimate of drug-likeness (QED) is 0.917. The predicted octanol–water partition coefficient (Wildman–Crippen LogP) is 2.47. The summed E-state index contributed by atoms with van der Waals surface area (Å²) >= 11 is 1.88. The first kappa shape index (κ1) is 11.6. The van der Waals surface area contributed by atoms with Crippen molar-refractivity contribution in [3.05, 3.63) is 34.0 Å². The number of aromatic nitrogens is 3. The van der Waals surface area contributed by atoms with Gasteiger partial charge in [-0.2, -0.15) is 0 Å². The van der Waals surface area contributed by atoms with E-state index in [0.717, 1.165) is 13.0 Å². The highest BCUT2D eigenvalue weighted by Gasteiger charge is 2.14. The molecule has 2 heterocycles. The van der Waals surface area contributed by atoms with Crippen molar-refractivity contribution in [1.29, 1.82) is 0 Å². The number of aryl methyl sites for hydroxylation is 2. The first-order valence-electron chi connectivity index (χ1n) is 6.40. The van der Waals surface area contributed by atoms with Crippen LogP contribution in [-0.4, -0.2) is 21.5 Å². The topological polar surface area (TPSA) is 50.7 Å². The van der Waals surface area contributed by atoms with Crippen LogP contribution in [0.1, 0.15) is 28.4 Å². The van der Waals surface area contributed by atoms with E-state index >= 15 is 0 Å². The van der Waals surface area contributed by atoms with E-state index in [-0.39, 0.29) is 0 Å². The number of hydrogen-bond acceptors (Lipinski definition) is 5. The monoisotopic (exact) mass is 260 g/mol. The highest BCUT2D eigenvalue weighted by molar-refractivity contribution is 7.11. The summed E-state index contributed by atoms with van der Waals surface area (Å²) in [6.45, 7) is 0.844. The van der Waals surface area contributed by atoms with Gasteiger partial charge in [-0.25, -0.2) is 15.0 Å². The number of thiazole rings is 1. The van der Waals surface area contributed by atoms with Gasteiger partial charge in [0.25, 0.3) is 0 Å². The fraction of sp³-hybridized carbons (Fsp3) is 0.462. The van der Waals surface area contributed by atoms with Crippen LogP contribution in [0.4, 0.5) is 5.95 Å². The Balaban J connectivity index is 1.55. The molecule has 1 aliphatic rings. The number of anilines is 1. The predicted molar refractivity (Wildman–Crippen MR) is 73.0 cm³/mol. The molecular weight excluding hydrogens is 244 g/mol. The van der Waals surface area contributed by atoms with Gasteiger partial charge in [-0.05, 0) is 31.7 Å². The van der Waals surface area contributed by atoms with Gasteiger partial charge in [-0.15, -0.1) is 11.3 Å². The lowest BCUT2D eigenvalue weighted by molar-refractivity contribution is 0.680. The molecule has 0 spiro atoms. The number of nitrogens with one attached hydrogen (secondary N) is 1. The van der Waals surface area contributed by atoms with Gasteiger partial charge in [-0.3, -0.25) is 0 Å². The average Bonchev–Trinajstić information content (AvgIpc) is 2.82. The molecule has 0 saturated heterocycles. The van der Waals surface area contributed by atoms with Gasteiger partial charge in [0, 0.05) is 30.2 Å². The van der Waals surface area contributed by atoms with E-state index in [4.69, 9.17) is 4.98 Å². The maximum absolute atomic E-state index is 4.72. The zero-order valence-electron chi connectivity index (χ0n) is 10.2. The van der Waals surface area contributed by atoms with Crippen LogP contribution in [-0.2, 0) is 19.3 Å². The van der Waals surface area contributed by atoms with E-state index in [1.165, 1.54) is 41.3 Å². The fourth-order valence-corrected chi connectivity index (χ4v) is 3.34. The second-order valence-corrected chi connectivity index (χ2v) is 5.60. The average molecular weight is 260 g/mol. The van der Waals surface area contributed by atoms with E-state index in [1.807, 2.05) is 17.4 Å². The normalized spacial score (nSPS) is 14.2. The molecule has 0 atom stereocenters. The molecule has 0 saturated carbocycles. The lowest BCUT2D eigenvalue weighted by Crippen LogP contribution is -2.07. The Morgan fingerprint density at radius 2 is 2.00 bits per heavy atom. The Morgan fingerprint density at radius 3 is 2.83 bits per heavy atom. The maximum Gasteiger partial charge on any atom is 0.222 e. The third-order valence-corrected chi connectivity index (χ3v) is 4.29. The molecule has 1 aliphatic carbocycles. The molecule has 0 fully saturated rings. The summed E-state index contributed by atoms with van der Waals surface area (Å²) in [5, 5.41) is 4.46. The van der Waals surface area contributed by atoms with E-state index in [1.54, 1.807) is 12.4 Å². The molecule has 94 valence electrons. The van der Waals surface area contributed by atoms with Crippen LogP contribution in [0, 0.1) is 0 Å². The Hall–Kier alpha value is -1.49. The molecule has 0 unspecified atom stereocenters. The standard InChI is InChI=1S/C13H16N4S/c1-2-5-11-10(4-1)17-12(18-11)6-9-16-13-14-7-3-8-15-13/h3,7-8H,1-2,4-6,9H2,(H,14,15,16). The second kappa shape index (κ2) is 5.44. The van der Waals surface area contributed by atoms with Crippen molar-refractivity contribution in [1.82, 2.24) is 15.0 Å². The lowest BCUT2D eigenvalue weighted by atomic mass is 10.0. The third kappa shape index (κ3) is 2.67. The summed E-state index contributed by atoms with van der Waals surface area (Å²) in [6.07, 6.45) is 9.46. The van der Waals surface area contributed by atoms with Crippen LogP contribution in [0.3, 0.4) is 0 Å². The summed E-state index contributed by atoms with van der Waals surface area (Å²) in [4.78, 5) is 14.5. The van der Waals surface area contributed by atoms with Crippen molar-refractivity contribution < 1.29 is 0 Å². The molecule has 4 nitrogen and oxygen atoms in total. The van der Waals surface area contributed by atoms with Crippen molar-refractivity contribution in [3.8, 4) is 0 Å². The van der Waals surface area contributed by atoms with E-state index in [9.17, 15) is 0 Å². The summed E-state index contributed by atoms with van der Waals surface area (Å²) in [5.74, 6) is 0.693. The molecule has 5 heteroatoms. The largest absolute Gasteiger partial charge is 0.354 e. The number of hydrogen-bond donors (Lipinski definition) is 1. The maximum atomic E-state index is 4.72. The summed E-state index contributed by atoms with van der Waals surface area (Å²) < 4.78 is 0. The minimum Gasteiger partial charge on any atom is -0.354 e. The number of nitrogens with zero attached hydrogens (tertiary/aromatic N) is 3. The van der Waals surface area contributed by atoms with Crippen LogP contribution in [0.5, 0.6) is 0 Å². The smallest absolute Gasteiger partial charge is 0.222 e. The van der Waals surface area contributed by atoms with Crippen molar-refractivity contribution in [2.24, 2.45) is 0 Å². The number of fused-ring (bicyclic) bond motifs is 1. The molecule has 18 heavy (non-hydrogen) atoms. The molecular formula is C13H16N4S. The Morgan fingerprint density at radius 1 is 1.17 bits per heavy atom. The zero-order chi connectivity index (χ0) is 12.2. The van der Waals surface area contributed by atoms with Crippen LogP contribution in [0.2, 0.25) is 0 Å². The molecule has 1 N–H and O–H groups in total. The molecule has 0 aromatic carbocycles. The van der Waals surface area contributed by atoms with Crippen LogP contribution in [0.15, 0.2) is 18.5 Å². The lowest BCUT2D eigenvalue weighted by Gasteiger charge is -2.06. The van der Waals surface area contributed by atoms with Gasteiger partial charge in [0.2, 0.25) is 5.95 Å². The fourth-order valence-electron chi connectivity index (χ4n) is 2.18. The minimum absolute atomic E-state index is 0.693. The van der Waals surface area contributed by atoms with Gasteiger partial charge in [0.1, 0.15) is 0 Å². The molecule has 0 aliphatic heterocycles. The van der Waals surface area contributed by atoms with Gasteiger partial charge < -0.3 is 5.32 Å². The first-order chi connectivity index (χ1) is 8.92. The highest BCUT2D eigenvalue weighted by atomic mass is 32.1. The molecule has 3 rings (SSSR count). The van der Waals surface area contributed by atoms with E-state index < -0.39 is 0 Å². The summed E-state index contributed by atoms with van der Waals surface area (Å²) in [7, 11) is 0. The Kier molecular flexibility index (Phi) is 3.50. The number of rotatable bonds is 4. The van der Waals surface area contributed by atoms with E-state index in [0.29, 0.717) is 5.95 Å². The van der Waals surface area contributed by atoms with Crippen LogP contribution < -0.4 is 5.32 Å². The van der Waals surface area contributed by atoms with Crippen molar-refractivity contribution in [2.45, 2.75) is 32.1 Å². The molecule has 2 aromatic rings. The van der Waals surface area contributed by atoms with Gasteiger partial charge in [0.15, 0.2) is 0 Å². The van der Waals surface area contributed by atoms with Crippen LogP contribution >= 0.6 is 11.3 Å². The summed E-state index contributed by atoms with van der Waals surface area (Å²) in [5.41, 5.74) is 1.34. The Labute approximate surface area is 111 Å². The van der Waals surface area contributed by atoms with Crippen LogP contribution in [0.25, 0.3) is 0 Å². The third-order valence-electron chi connectivity index (χ3n) is 3.08. The van der Waals surface area contributed by atoms with Gasteiger partial charge in [-0.1, -0.05) is 0 Å². The minimum atomic E-state index is 0.693. The highest BCUT2D eigenvalue weighted by Crippen LogP contribution is 2.26. The first-order valence-corrected chi connectivity index (χ1v) is 7.22. The van der Waals surface area contributed by atoms with Crippen molar-refractivity contribution >= 4 is 17.3 Å². The molecule has 2 aromatic heterocycles. The molecule has 0 bridgehead atoms. The zero-order valence-corrected chi connectivity index (χ0v) is 11.0. The molecule has 0 radical (unpaired) electrons. The summed E-state index contributed by atoms with van der Waals surface area (Å²) in [6, 6.07) is 1.82. The second-order valence-electron chi connectivity index (χ2n) is 4.43. The van der Waals surface area contributed by atoms with Gasteiger partial charge in [0.05, 0.1) is 10.7 Å². The van der Waals surface area contributed by atoms with E-state index in [2.05, 4.69) is 15.3 Å². The van der Waals surface area contributed by atoms with Gasteiger partial charge >= 0.3 is 0 Å².